The van der Waals surface area contributed by atoms with Gasteiger partial charge in [0.15, 0.2) is 5.78 Å². The van der Waals surface area contributed by atoms with Gasteiger partial charge in [0.2, 0.25) is 0 Å². The van der Waals surface area contributed by atoms with Crippen molar-refractivity contribution in [1.82, 2.24) is 0 Å². The molecule has 0 bridgehead atoms. The average Bonchev–Trinajstić information content (AvgIpc) is 3.12. The van der Waals surface area contributed by atoms with Gasteiger partial charge in [-0.1, -0.05) is 60.1 Å². The molecule has 0 aliphatic heterocycles. The minimum absolute atomic E-state index is 0.0229. The molecule has 2 aromatic carbocycles. The van der Waals surface area contributed by atoms with E-state index in [2.05, 4.69) is 48.2 Å². The largest absolute Gasteiger partial charge is 0.367 e. The van der Waals surface area contributed by atoms with Crippen molar-refractivity contribution in [1.29, 1.82) is 0 Å². The Morgan fingerprint density at radius 3 is 2.38 bits per heavy atom. The normalized spacial score (nSPS) is 11.0. The van der Waals surface area contributed by atoms with Crippen LogP contribution >= 0.6 is 22.9 Å². The topological polar surface area (TPSA) is 20.3 Å². The highest BCUT2D eigenvalue weighted by Gasteiger charge is 2.06. The van der Waals surface area contributed by atoms with Crippen LogP contribution in [0.25, 0.3) is 6.08 Å². The van der Waals surface area contributed by atoms with E-state index in [0.29, 0.717) is 9.21 Å². The summed E-state index contributed by atoms with van der Waals surface area (Å²) >= 11 is 7.18. The molecule has 0 saturated heterocycles. The van der Waals surface area contributed by atoms with Gasteiger partial charge in [0.05, 0.1) is 9.21 Å². The van der Waals surface area contributed by atoms with Crippen LogP contribution in [0.15, 0.2) is 72.8 Å². The minimum Gasteiger partial charge on any atom is -0.367 e. The quantitative estimate of drug-likeness (QED) is 0.352. The fourth-order valence-corrected chi connectivity index (χ4v) is 3.65. The Morgan fingerprint density at radius 2 is 1.77 bits per heavy atom. The molecule has 0 atom stereocenters. The monoisotopic (exact) mass is 381 g/mol. The van der Waals surface area contributed by atoms with Crippen LogP contribution in [0.3, 0.4) is 0 Å². The minimum atomic E-state index is -0.0229. The summed E-state index contributed by atoms with van der Waals surface area (Å²) < 4.78 is 0.629. The summed E-state index contributed by atoms with van der Waals surface area (Å²) in [6, 6.07) is 22.2. The second-order valence-electron chi connectivity index (χ2n) is 5.89. The van der Waals surface area contributed by atoms with Crippen LogP contribution in [-0.2, 0) is 6.54 Å². The predicted octanol–water partition coefficient (Wildman–Crippen LogP) is 6.32. The molecule has 0 saturated carbocycles. The molecule has 1 heterocycles. The van der Waals surface area contributed by atoms with Crippen molar-refractivity contribution in [3.63, 3.8) is 0 Å². The second kappa shape index (κ2) is 8.84. The first-order valence-corrected chi connectivity index (χ1v) is 9.72. The van der Waals surface area contributed by atoms with Gasteiger partial charge in [-0.05, 0) is 48.4 Å². The molecule has 0 unspecified atom stereocenters. The van der Waals surface area contributed by atoms with E-state index in [1.54, 1.807) is 18.2 Å². The highest BCUT2D eigenvalue weighted by Crippen LogP contribution is 2.23. The predicted molar refractivity (Wildman–Crippen MR) is 112 cm³/mol. The lowest BCUT2D eigenvalue weighted by Gasteiger charge is -2.23. The Hall–Kier alpha value is -2.36. The molecule has 0 spiro atoms. The Kier molecular flexibility index (Phi) is 6.26. The summed E-state index contributed by atoms with van der Waals surface area (Å²) in [6.45, 7) is 3.97. The van der Waals surface area contributed by atoms with Gasteiger partial charge in [-0.25, -0.2) is 0 Å². The summed E-state index contributed by atoms with van der Waals surface area (Å²) in [6.07, 6.45) is 3.44. The van der Waals surface area contributed by atoms with Gasteiger partial charge >= 0.3 is 0 Å². The van der Waals surface area contributed by atoms with Crippen molar-refractivity contribution in [3.05, 3.63) is 93.1 Å². The van der Waals surface area contributed by atoms with Crippen molar-refractivity contribution in [2.24, 2.45) is 0 Å². The van der Waals surface area contributed by atoms with Gasteiger partial charge in [0.1, 0.15) is 0 Å². The summed E-state index contributed by atoms with van der Waals surface area (Å²) in [7, 11) is 0. The standard InChI is InChI=1S/C22H20ClNOS/c1-2-24(16-18-6-4-3-5-7-18)19-11-8-17(9-12-19)10-13-20(25)21-14-15-22(23)26-21/h3-15H,2,16H2,1H3/b13-10+. The molecule has 2 nitrogen and oxygen atoms in total. The number of nitrogens with zero attached hydrogens (tertiary/aromatic N) is 1. The third-order valence-corrected chi connectivity index (χ3v) is 5.35. The van der Waals surface area contributed by atoms with E-state index in [1.807, 2.05) is 24.3 Å². The van der Waals surface area contributed by atoms with Crippen LogP contribution in [0.2, 0.25) is 4.34 Å². The highest BCUT2D eigenvalue weighted by atomic mass is 35.5. The molecule has 0 aliphatic carbocycles. The Bertz CT molecular complexity index is 884. The zero-order valence-electron chi connectivity index (χ0n) is 14.6. The highest BCUT2D eigenvalue weighted by molar-refractivity contribution is 7.18. The number of thiophene rings is 1. The summed E-state index contributed by atoms with van der Waals surface area (Å²) in [5.74, 6) is -0.0229. The maximum atomic E-state index is 12.1. The molecule has 132 valence electrons. The van der Waals surface area contributed by atoms with E-state index in [9.17, 15) is 4.79 Å². The first kappa shape index (κ1) is 18.4. The lowest BCUT2D eigenvalue weighted by Crippen LogP contribution is -2.21. The Labute approximate surface area is 163 Å². The lowest BCUT2D eigenvalue weighted by molar-refractivity contribution is 0.105. The molecule has 26 heavy (non-hydrogen) atoms. The number of ketones is 1. The number of carbonyl (C=O) groups excluding carboxylic acids is 1. The summed E-state index contributed by atoms with van der Waals surface area (Å²) in [5.41, 5.74) is 3.46. The van der Waals surface area contributed by atoms with Gasteiger partial charge in [0.25, 0.3) is 0 Å². The molecule has 0 aliphatic rings. The molecule has 3 rings (SSSR count). The molecular weight excluding hydrogens is 362 g/mol. The molecule has 1 aromatic heterocycles. The first-order chi connectivity index (χ1) is 12.7. The van der Waals surface area contributed by atoms with E-state index in [-0.39, 0.29) is 5.78 Å². The molecule has 3 aromatic rings. The maximum absolute atomic E-state index is 12.1. The van der Waals surface area contributed by atoms with Crippen molar-refractivity contribution in [2.45, 2.75) is 13.5 Å². The Balaban J connectivity index is 1.67. The average molecular weight is 382 g/mol. The van der Waals surface area contributed by atoms with Crippen LogP contribution in [0, 0.1) is 0 Å². The number of allylic oxidation sites excluding steroid dienone is 1. The van der Waals surface area contributed by atoms with Crippen LogP contribution in [0.5, 0.6) is 0 Å². The van der Waals surface area contributed by atoms with Gasteiger partial charge in [-0.15, -0.1) is 11.3 Å². The van der Waals surface area contributed by atoms with Gasteiger partial charge < -0.3 is 4.90 Å². The SMILES string of the molecule is CCN(Cc1ccccc1)c1ccc(/C=C/C(=O)c2ccc(Cl)s2)cc1. The van der Waals surface area contributed by atoms with Crippen LogP contribution < -0.4 is 4.90 Å². The number of benzene rings is 2. The number of rotatable bonds is 7. The number of hydrogen-bond donors (Lipinski definition) is 0. The Morgan fingerprint density at radius 1 is 1.04 bits per heavy atom. The zero-order chi connectivity index (χ0) is 18.4. The summed E-state index contributed by atoms with van der Waals surface area (Å²) in [5, 5.41) is 0. The third kappa shape index (κ3) is 4.84. The zero-order valence-corrected chi connectivity index (χ0v) is 16.1. The van der Waals surface area contributed by atoms with E-state index in [0.717, 1.165) is 18.7 Å². The molecule has 0 radical (unpaired) electrons. The number of hydrogen-bond acceptors (Lipinski definition) is 3. The molecule has 0 N–H and O–H groups in total. The van der Waals surface area contributed by atoms with E-state index < -0.39 is 0 Å². The lowest BCUT2D eigenvalue weighted by atomic mass is 10.1. The number of carbonyl (C=O) groups is 1. The molecular formula is C22H20ClNOS. The fraction of sp³-hybridized carbons (Fsp3) is 0.136. The number of anilines is 1. The molecule has 0 amide bonds. The fourth-order valence-electron chi connectivity index (χ4n) is 2.69. The van der Waals surface area contributed by atoms with Crippen LogP contribution in [0.1, 0.15) is 27.7 Å². The molecule has 0 fully saturated rings. The maximum Gasteiger partial charge on any atom is 0.195 e. The van der Waals surface area contributed by atoms with E-state index in [1.165, 1.54) is 22.6 Å². The van der Waals surface area contributed by atoms with Gasteiger partial charge in [-0.2, -0.15) is 0 Å². The van der Waals surface area contributed by atoms with Crippen molar-refractivity contribution in [3.8, 4) is 0 Å². The van der Waals surface area contributed by atoms with E-state index >= 15 is 0 Å². The summed E-state index contributed by atoms with van der Waals surface area (Å²) in [4.78, 5) is 15.1. The first-order valence-electron chi connectivity index (χ1n) is 8.52. The van der Waals surface area contributed by atoms with Gasteiger partial charge in [0, 0.05) is 18.8 Å². The van der Waals surface area contributed by atoms with Crippen molar-refractivity contribution >= 4 is 40.5 Å². The second-order valence-corrected chi connectivity index (χ2v) is 7.61. The van der Waals surface area contributed by atoms with Gasteiger partial charge in [-0.3, -0.25) is 4.79 Å². The van der Waals surface area contributed by atoms with Crippen LogP contribution in [-0.4, -0.2) is 12.3 Å². The third-order valence-electron chi connectivity index (χ3n) is 4.10. The van der Waals surface area contributed by atoms with Crippen LogP contribution in [0.4, 0.5) is 5.69 Å². The number of halogens is 1. The smallest absolute Gasteiger partial charge is 0.195 e. The molecule has 4 heteroatoms. The van der Waals surface area contributed by atoms with E-state index in [4.69, 9.17) is 11.6 Å². The van der Waals surface area contributed by atoms with Crippen molar-refractivity contribution < 1.29 is 4.79 Å². The van der Waals surface area contributed by atoms with Crippen molar-refractivity contribution in [2.75, 3.05) is 11.4 Å².